The predicted molar refractivity (Wildman–Crippen MR) is 159 cm³/mol. The lowest BCUT2D eigenvalue weighted by Gasteiger charge is -2.27. The highest BCUT2D eigenvalue weighted by Crippen LogP contribution is 2.40. The third kappa shape index (κ3) is 6.30. The highest BCUT2D eigenvalue weighted by Gasteiger charge is 2.46. The summed E-state index contributed by atoms with van der Waals surface area (Å²) >= 11 is 0. The monoisotopic (exact) mass is 920 g/mol. The average Bonchev–Trinajstić information content (AvgIpc) is 3.23. The van der Waals surface area contributed by atoms with Crippen LogP contribution in [0.3, 0.4) is 0 Å². The van der Waals surface area contributed by atoms with Crippen molar-refractivity contribution in [3.05, 3.63) is 158 Å². The molecular weight excluding hydrogens is 918 g/mol. The highest BCUT2D eigenvalue weighted by atomic mass is 19.2. The van der Waals surface area contributed by atoms with Crippen LogP contribution in [-0.4, -0.2) is 6.71 Å². The van der Waals surface area contributed by atoms with Crippen LogP contribution in [0.15, 0.2) is 12.1 Å². The average molecular weight is 920 g/mol. The van der Waals surface area contributed by atoms with E-state index in [0.717, 1.165) is 0 Å². The topological polar surface area (TPSA) is 0 Å². The van der Waals surface area contributed by atoms with Crippen molar-refractivity contribution in [2.75, 3.05) is 0 Å². The van der Waals surface area contributed by atoms with Gasteiger partial charge in [0.05, 0.1) is 16.7 Å². The van der Waals surface area contributed by atoms with Crippen LogP contribution in [0.2, 0.25) is 0 Å². The fourth-order valence-electron chi connectivity index (χ4n) is 6.34. The number of benzene rings is 6. The molecule has 0 aromatic heterocycles. The Morgan fingerprint density at radius 2 is 0.371 bits per heavy atom. The first kappa shape index (κ1) is 45.2. The minimum Gasteiger partial charge on any atom is -0.207 e. The van der Waals surface area contributed by atoms with Crippen molar-refractivity contribution >= 4 is 23.1 Å². The summed E-state index contributed by atoms with van der Waals surface area (Å²) in [5.41, 5.74) is -27.8. The third-order valence-corrected chi connectivity index (χ3v) is 8.97. The van der Waals surface area contributed by atoms with Gasteiger partial charge in [-0.1, -0.05) is 0 Å². The fourth-order valence-corrected chi connectivity index (χ4v) is 6.34. The summed E-state index contributed by atoms with van der Waals surface area (Å²) in [7, 11) is 0. The quantitative estimate of drug-likeness (QED) is 0.0676. The molecule has 0 aliphatic heterocycles. The van der Waals surface area contributed by atoms with Crippen molar-refractivity contribution in [2.24, 2.45) is 0 Å². The van der Waals surface area contributed by atoms with Gasteiger partial charge in [0.1, 0.15) is 11.6 Å². The van der Waals surface area contributed by atoms with Crippen molar-refractivity contribution in [3.63, 3.8) is 0 Å². The SMILES string of the molecule is Fc1cc(F)c(B(c2c(F)cc(F)c(F)c2-c2c(F)c(F)c(F)c(F)c2F)c2c(F)c(F)c(F)c(F)c2-c2c(F)c(F)c(F)c(F)c2F)c(-c2c(F)c(F)c(F)c(F)c2F)c1F. The van der Waals surface area contributed by atoms with Crippen LogP contribution in [0.4, 0.5) is 110 Å². The molecule has 324 valence electrons. The van der Waals surface area contributed by atoms with Gasteiger partial charge in [-0.15, -0.1) is 0 Å². The van der Waals surface area contributed by atoms with Gasteiger partial charge >= 0.3 is 0 Å². The van der Waals surface area contributed by atoms with Gasteiger partial charge in [0.15, 0.2) is 116 Å². The summed E-state index contributed by atoms with van der Waals surface area (Å²) in [6.07, 6.45) is 0. The molecule has 6 aromatic carbocycles. The van der Waals surface area contributed by atoms with Crippen LogP contribution >= 0.6 is 0 Å². The van der Waals surface area contributed by atoms with E-state index in [0.29, 0.717) is 0 Å². The van der Waals surface area contributed by atoms with Crippen LogP contribution in [0, 0.1) is 145 Å². The van der Waals surface area contributed by atoms with Gasteiger partial charge in [-0.2, -0.15) is 0 Å². The van der Waals surface area contributed by atoms with Crippen LogP contribution < -0.4 is 16.4 Å². The maximum absolute atomic E-state index is 16.4. The first-order valence-electron chi connectivity index (χ1n) is 15.5. The number of hydrogen-bond acceptors (Lipinski definition) is 0. The molecule has 0 aliphatic carbocycles. The van der Waals surface area contributed by atoms with E-state index >= 15 is 57.1 Å². The van der Waals surface area contributed by atoms with E-state index in [1.54, 1.807) is 0 Å². The molecule has 0 saturated carbocycles. The number of halogens is 25. The second-order valence-electron chi connectivity index (χ2n) is 12.2. The van der Waals surface area contributed by atoms with Gasteiger partial charge in [0.25, 0.3) is 6.71 Å². The molecule has 6 rings (SSSR count). The molecular formula is C36H2BF25. The Balaban J connectivity index is 2.07. The maximum atomic E-state index is 16.4. The van der Waals surface area contributed by atoms with Crippen LogP contribution in [0.1, 0.15) is 0 Å². The molecule has 0 saturated heterocycles. The molecule has 0 bridgehead atoms. The van der Waals surface area contributed by atoms with E-state index < -0.39 is 214 Å². The summed E-state index contributed by atoms with van der Waals surface area (Å²) < 4.78 is 379. The van der Waals surface area contributed by atoms with Crippen LogP contribution in [0.25, 0.3) is 33.4 Å². The van der Waals surface area contributed by atoms with E-state index in [1.165, 1.54) is 0 Å². The Kier molecular flexibility index (Phi) is 11.3. The normalized spacial score (nSPS) is 11.6. The van der Waals surface area contributed by atoms with E-state index in [4.69, 9.17) is 0 Å². The van der Waals surface area contributed by atoms with Gasteiger partial charge in [0.2, 0.25) is 17.5 Å². The van der Waals surface area contributed by atoms with Crippen molar-refractivity contribution in [1.29, 1.82) is 0 Å². The summed E-state index contributed by atoms with van der Waals surface area (Å²) in [5.74, 6) is -82.7. The zero-order valence-electron chi connectivity index (χ0n) is 28.2. The Bertz CT molecular complexity index is 2760. The van der Waals surface area contributed by atoms with Crippen molar-refractivity contribution in [1.82, 2.24) is 0 Å². The van der Waals surface area contributed by atoms with Gasteiger partial charge in [-0.05, 0) is 16.4 Å². The Hall–Kier alpha value is -6.37. The number of rotatable bonds is 6. The molecule has 0 aliphatic rings. The Morgan fingerprint density at radius 3 is 0.629 bits per heavy atom. The summed E-state index contributed by atoms with van der Waals surface area (Å²) in [5, 5.41) is 0. The molecule has 62 heavy (non-hydrogen) atoms. The second-order valence-corrected chi connectivity index (χ2v) is 12.2. The summed E-state index contributed by atoms with van der Waals surface area (Å²) in [6.45, 7) is -4.68. The van der Waals surface area contributed by atoms with E-state index in [2.05, 4.69) is 0 Å². The lowest BCUT2D eigenvalue weighted by Crippen LogP contribution is -2.59. The van der Waals surface area contributed by atoms with Crippen LogP contribution in [0.5, 0.6) is 0 Å². The molecule has 0 nitrogen and oxygen atoms in total. The summed E-state index contributed by atoms with van der Waals surface area (Å²) in [4.78, 5) is 0. The largest absolute Gasteiger partial charge is 0.255 e. The maximum Gasteiger partial charge on any atom is 0.255 e. The van der Waals surface area contributed by atoms with E-state index in [-0.39, 0.29) is 0 Å². The summed E-state index contributed by atoms with van der Waals surface area (Å²) in [6, 6.07) is -2.04. The van der Waals surface area contributed by atoms with E-state index in [9.17, 15) is 52.7 Å². The molecule has 0 N–H and O–H groups in total. The molecule has 0 amide bonds. The third-order valence-electron chi connectivity index (χ3n) is 8.97. The molecule has 0 atom stereocenters. The lowest BCUT2D eigenvalue weighted by atomic mass is 9.33. The fraction of sp³-hybridized carbons (Fsp3) is 0. The van der Waals surface area contributed by atoms with Gasteiger partial charge in [-0.25, -0.2) is 110 Å². The lowest BCUT2D eigenvalue weighted by molar-refractivity contribution is 0.379. The zero-order chi connectivity index (χ0) is 46.6. The Labute approximate surface area is 324 Å². The van der Waals surface area contributed by atoms with Crippen molar-refractivity contribution < 1.29 is 110 Å². The molecule has 6 aromatic rings. The molecule has 26 heteroatoms. The highest BCUT2D eigenvalue weighted by molar-refractivity contribution is 6.98. The molecule has 0 fully saturated rings. The standard InChI is InChI=1S/C36H2BF25/c38-3-1-5(40)16(42)7(10-19(45)27(53)34(60)28(54)20(10)46)13(3)37(14-4(39)2-6(41)17(43)8(14)11-21(47)29(55)35(61)30(56)22(11)48)15-9(18(44)26(52)33(59)25(15)51)12-23(49)31(57)36(62)32(58)24(12)50/h1-2H. The predicted octanol–water partition coefficient (Wildman–Crippen LogP) is 10.7. The smallest absolute Gasteiger partial charge is 0.207 e. The minimum absolute atomic E-state index is 1.02. The molecule has 0 unspecified atom stereocenters. The zero-order valence-corrected chi connectivity index (χ0v) is 28.2. The first-order chi connectivity index (χ1) is 28.7. The minimum atomic E-state index is -4.68. The van der Waals surface area contributed by atoms with E-state index in [1.807, 2.05) is 0 Å². The van der Waals surface area contributed by atoms with Crippen molar-refractivity contribution in [3.8, 4) is 33.4 Å². The van der Waals surface area contributed by atoms with Crippen LogP contribution in [-0.2, 0) is 0 Å². The van der Waals surface area contributed by atoms with Gasteiger partial charge in [0, 0.05) is 28.8 Å². The van der Waals surface area contributed by atoms with Crippen molar-refractivity contribution in [2.45, 2.75) is 0 Å². The molecule has 0 spiro atoms. The molecule has 0 heterocycles. The molecule has 0 radical (unpaired) electrons. The van der Waals surface area contributed by atoms with Gasteiger partial charge < -0.3 is 0 Å². The number of hydrogen-bond donors (Lipinski definition) is 0. The first-order valence-corrected chi connectivity index (χ1v) is 15.5. The second kappa shape index (κ2) is 15.5. The van der Waals surface area contributed by atoms with Gasteiger partial charge in [-0.3, -0.25) is 0 Å². The Morgan fingerprint density at radius 1 is 0.177 bits per heavy atom.